The third-order valence-electron chi connectivity index (χ3n) is 8.82. The van der Waals surface area contributed by atoms with E-state index >= 15 is 0 Å². The van der Waals surface area contributed by atoms with Gasteiger partial charge in [0.1, 0.15) is 0 Å². The average Bonchev–Trinajstić information content (AvgIpc) is 2.87. The summed E-state index contributed by atoms with van der Waals surface area (Å²) in [5.74, 6) is 1.40. The minimum absolute atomic E-state index is 0.0840. The molecule has 0 unspecified atom stereocenters. The van der Waals surface area contributed by atoms with Crippen molar-refractivity contribution in [2.75, 3.05) is 6.61 Å². The van der Waals surface area contributed by atoms with Crippen LogP contribution in [0.4, 0.5) is 8.78 Å². The van der Waals surface area contributed by atoms with E-state index in [1.807, 2.05) is 0 Å². The highest BCUT2D eigenvalue weighted by Gasteiger charge is 2.32. The molecule has 0 aliphatic heterocycles. The van der Waals surface area contributed by atoms with E-state index in [1.54, 1.807) is 12.1 Å². The van der Waals surface area contributed by atoms with Crippen molar-refractivity contribution in [3.8, 4) is 5.75 Å². The van der Waals surface area contributed by atoms with Crippen LogP contribution in [0.1, 0.15) is 141 Å². The Balaban J connectivity index is 1.40. The molecule has 0 saturated heterocycles. The Hall–Kier alpha value is -1.12. The quantitative estimate of drug-likeness (QED) is 0.243. The van der Waals surface area contributed by atoms with Gasteiger partial charge in [0, 0.05) is 0 Å². The molecule has 34 heavy (non-hydrogen) atoms. The van der Waals surface area contributed by atoms with Gasteiger partial charge in [-0.1, -0.05) is 90.5 Å². The summed E-state index contributed by atoms with van der Waals surface area (Å²) in [4.78, 5) is 0. The highest BCUT2D eigenvalue weighted by molar-refractivity contribution is 5.33. The second-order valence-corrected chi connectivity index (χ2v) is 11.3. The van der Waals surface area contributed by atoms with Crippen molar-refractivity contribution in [2.45, 2.75) is 135 Å². The summed E-state index contributed by atoms with van der Waals surface area (Å²) in [5.41, 5.74) is 0.572. The summed E-state index contributed by atoms with van der Waals surface area (Å²) < 4.78 is 35.3. The van der Waals surface area contributed by atoms with Gasteiger partial charge >= 0.3 is 0 Å². The Morgan fingerprint density at radius 2 is 1.26 bits per heavy atom. The van der Waals surface area contributed by atoms with Crippen molar-refractivity contribution in [3.63, 3.8) is 0 Å². The zero-order valence-electron chi connectivity index (χ0n) is 22.1. The Morgan fingerprint density at radius 3 is 1.91 bits per heavy atom. The molecule has 0 N–H and O–H groups in total. The number of benzene rings is 1. The molecule has 0 amide bonds. The van der Waals surface area contributed by atoms with E-state index in [1.165, 1.54) is 89.9 Å². The maximum atomic E-state index is 14.9. The van der Waals surface area contributed by atoms with Crippen molar-refractivity contribution in [1.29, 1.82) is 0 Å². The van der Waals surface area contributed by atoms with Crippen LogP contribution in [-0.2, 0) is 0 Å². The number of halogens is 2. The zero-order valence-corrected chi connectivity index (χ0v) is 22.1. The predicted molar refractivity (Wildman–Crippen MR) is 140 cm³/mol. The number of rotatable bonds is 14. The zero-order chi connectivity index (χ0) is 24.2. The van der Waals surface area contributed by atoms with E-state index in [4.69, 9.17) is 4.74 Å². The second-order valence-electron chi connectivity index (χ2n) is 11.3. The third-order valence-corrected chi connectivity index (χ3v) is 8.82. The third kappa shape index (κ3) is 8.23. The Bertz CT molecular complexity index is 687. The van der Waals surface area contributed by atoms with Crippen molar-refractivity contribution in [2.24, 2.45) is 17.8 Å². The number of hydrogen-bond donors (Lipinski definition) is 0. The van der Waals surface area contributed by atoms with Crippen molar-refractivity contribution in [3.05, 3.63) is 29.3 Å². The lowest BCUT2D eigenvalue weighted by atomic mass is 9.68. The first-order chi connectivity index (χ1) is 16.6. The standard InChI is InChI=1S/C31H50F2O/c1-3-5-7-8-9-10-11-23-34-29-22-21-28(30(32)31(29)33)27-19-17-26(18-20-27)25-15-13-24(14-16-25)12-6-4-2/h21-22,24-27H,3-20,23H2,1-2H3. The summed E-state index contributed by atoms with van der Waals surface area (Å²) in [5, 5.41) is 0. The first kappa shape index (κ1) is 27.5. The molecule has 2 saturated carbocycles. The molecule has 0 bridgehead atoms. The summed E-state index contributed by atoms with van der Waals surface area (Å²) in [6.45, 7) is 4.98. The van der Waals surface area contributed by atoms with E-state index in [0.717, 1.165) is 43.4 Å². The SMILES string of the molecule is CCCCCCCCCOc1ccc(C2CCC(C3CCC(CCCC)CC3)CC2)c(F)c1F. The Kier molecular flexibility index (Phi) is 12.2. The van der Waals surface area contributed by atoms with Crippen LogP contribution >= 0.6 is 0 Å². The summed E-state index contributed by atoms with van der Waals surface area (Å²) in [7, 11) is 0. The molecule has 0 atom stereocenters. The smallest absolute Gasteiger partial charge is 0.200 e. The van der Waals surface area contributed by atoms with Gasteiger partial charge in [-0.2, -0.15) is 4.39 Å². The molecule has 3 rings (SSSR count). The Morgan fingerprint density at radius 1 is 0.676 bits per heavy atom. The molecule has 3 heteroatoms. The first-order valence-corrected chi connectivity index (χ1v) is 14.7. The van der Waals surface area contributed by atoms with E-state index in [9.17, 15) is 8.78 Å². The average molecular weight is 477 g/mol. The lowest BCUT2D eigenvalue weighted by Crippen LogP contribution is -2.25. The Labute approximate surface area is 208 Å². The van der Waals surface area contributed by atoms with Crippen LogP contribution in [0.2, 0.25) is 0 Å². The number of unbranched alkanes of at least 4 members (excludes halogenated alkanes) is 7. The van der Waals surface area contributed by atoms with Crippen LogP contribution < -0.4 is 4.74 Å². The molecule has 2 aliphatic rings. The van der Waals surface area contributed by atoms with Gasteiger partial charge in [0.25, 0.3) is 0 Å². The topological polar surface area (TPSA) is 9.23 Å². The van der Waals surface area contributed by atoms with Gasteiger partial charge < -0.3 is 4.74 Å². The van der Waals surface area contributed by atoms with Crippen LogP contribution in [0.25, 0.3) is 0 Å². The molecule has 0 heterocycles. The summed E-state index contributed by atoms with van der Waals surface area (Å²) in [6.07, 6.45) is 22.3. The first-order valence-electron chi connectivity index (χ1n) is 14.7. The van der Waals surface area contributed by atoms with Gasteiger partial charge in [-0.3, -0.25) is 0 Å². The van der Waals surface area contributed by atoms with Crippen LogP contribution in [0.3, 0.4) is 0 Å². The molecule has 2 aliphatic carbocycles. The van der Waals surface area contributed by atoms with Gasteiger partial charge in [0.2, 0.25) is 5.82 Å². The highest BCUT2D eigenvalue weighted by Crippen LogP contribution is 2.45. The van der Waals surface area contributed by atoms with Crippen LogP contribution in [0, 0.1) is 29.4 Å². The predicted octanol–water partition coefficient (Wildman–Crippen LogP) is 10.4. The molecule has 0 spiro atoms. The summed E-state index contributed by atoms with van der Waals surface area (Å²) in [6, 6.07) is 3.46. The molecule has 1 nitrogen and oxygen atoms in total. The fourth-order valence-corrected chi connectivity index (χ4v) is 6.56. The van der Waals surface area contributed by atoms with Crippen molar-refractivity contribution in [1.82, 2.24) is 0 Å². The number of hydrogen-bond acceptors (Lipinski definition) is 1. The molecule has 0 aromatic heterocycles. The molecule has 1 aromatic carbocycles. The maximum absolute atomic E-state index is 14.9. The van der Waals surface area contributed by atoms with E-state index in [-0.39, 0.29) is 11.7 Å². The maximum Gasteiger partial charge on any atom is 0.200 e. The number of ether oxygens (including phenoxy) is 1. The van der Waals surface area contributed by atoms with Gasteiger partial charge in [-0.15, -0.1) is 0 Å². The summed E-state index contributed by atoms with van der Waals surface area (Å²) >= 11 is 0. The molecule has 0 radical (unpaired) electrons. The highest BCUT2D eigenvalue weighted by atomic mass is 19.2. The van der Waals surface area contributed by atoms with Crippen molar-refractivity contribution >= 4 is 0 Å². The fourth-order valence-electron chi connectivity index (χ4n) is 6.56. The van der Waals surface area contributed by atoms with Gasteiger partial charge in [-0.05, 0) is 80.2 Å². The lowest BCUT2D eigenvalue weighted by Gasteiger charge is -2.38. The van der Waals surface area contributed by atoms with Crippen LogP contribution in [0.5, 0.6) is 5.75 Å². The molecule has 2 fully saturated rings. The van der Waals surface area contributed by atoms with Gasteiger partial charge in [0.15, 0.2) is 11.6 Å². The molecule has 194 valence electrons. The lowest BCUT2D eigenvalue weighted by molar-refractivity contribution is 0.155. The van der Waals surface area contributed by atoms with Crippen LogP contribution in [-0.4, -0.2) is 6.61 Å². The largest absolute Gasteiger partial charge is 0.490 e. The van der Waals surface area contributed by atoms with E-state index in [2.05, 4.69) is 13.8 Å². The monoisotopic (exact) mass is 476 g/mol. The molecular weight excluding hydrogens is 426 g/mol. The minimum atomic E-state index is -0.784. The van der Waals surface area contributed by atoms with Crippen LogP contribution in [0.15, 0.2) is 12.1 Å². The van der Waals surface area contributed by atoms with Crippen molar-refractivity contribution < 1.29 is 13.5 Å². The van der Waals surface area contributed by atoms with Gasteiger partial charge in [0.05, 0.1) is 6.61 Å². The van der Waals surface area contributed by atoms with E-state index < -0.39 is 11.6 Å². The van der Waals surface area contributed by atoms with Gasteiger partial charge in [-0.25, -0.2) is 4.39 Å². The molecular formula is C31H50F2O. The molecule has 1 aromatic rings. The van der Waals surface area contributed by atoms with E-state index in [0.29, 0.717) is 12.2 Å². The fraction of sp³-hybridized carbons (Fsp3) is 0.806. The second kappa shape index (κ2) is 15.1. The minimum Gasteiger partial charge on any atom is -0.490 e. The normalized spacial score (nSPS) is 25.4.